The number of hydrogen-bond donors (Lipinski definition) is 1. The van der Waals surface area contributed by atoms with Crippen LogP contribution in [0.15, 0.2) is 63.8 Å². The van der Waals surface area contributed by atoms with Gasteiger partial charge in [0.15, 0.2) is 11.2 Å². The molecule has 178 valence electrons. The lowest BCUT2D eigenvalue weighted by Gasteiger charge is -2.27. The number of aryl methyl sites for hydroxylation is 1. The Morgan fingerprint density at radius 1 is 1.00 bits per heavy atom. The molecular formula is C27H24N2O5S. The zero-order valence-electron chi connectivity index (χ0n) is 19.4. The quantitative estimate of drug-likeness (QED) is 0.443. The number of benzene rings is 2. The second-order valence-corrected chi connectivity index (χ2v) is 9.48. The highest BCUT2D eigenvalue weighted by atomic mass is 32.1. The Labute approximate surface area is 205 Å². The summed E-state index contributed by atoms with van der Waals surface area (Å²) >= 11 is 1.33. The summed E-state index contributed by atoms with van der Waals surface area (Å²) in [5.41, 5.74) is 3.17. The Balaban J connectivity index is 1.55. The second kappa shape index (κ2) is 9.48. The fraction of sp³-hybridized carbons (Fsp3) is 0.222. The van der Waals surface area contributed by atoms with Crippen molar-refractivity contribution in [2.45, 2.75) is 13.8 Å². The number of carbonyl (C=O) groups excluding carboxylic acids is 2. The van der Waals surface area contributed by atoms with Crippen molar-refractivity contribution >= 4 is 39.1 Å². The van der Waals surface area contributed by atoms with Gasteiger partial charge in [-0.25, -0.2) is 0 Å². The van der Waals surface area contributed by atoms with Gasteiger partial charge < -0.3 is 19.4 Å². The molecule has 0 radical (unpaired) electrons. The third-order valence-corrected chi connectivity index (χ3v) is 7.28. The van der Waals surface area contributed by atoms with Crippen LogP contribution >= 0.6 is 11.3 Å². The van der Waals surface area contributed by atoms with Crippen molar-refractivity contribution in [2.24, 2.45) is 0 Å². The van der Waals surface area contributed by atoms with Gasteiger partial charge in [-0.2, -0.15) is 0 Å². The molecule has 3 heterocycles. The number of nitrogens with zero attached hydrogens (tertiary/aromatic N) is 1. The van der Waals surface area contributed by atoms with Crippen LogP contribution in [0.5, 0.6) is 0 Å². The molecule has 0 spiro atoms. The minimum absolute atomic E-state index is 0.108. The zero-order valence-corrected chi connectivity index (χ0v) is 20.2. The van der Waals surface area contributed by atoms with E-state index in [0.29, 0.717) is 47.8 Å². The molecule has 0 aliphatic carbocycles. The number of thiophene rings is 1. The average Bonchev–Trinajstić information content (AvgIpc) is 3.20. The molecule has 0 atom stereocenters. The van der Waals surface area contributed by atoms with Gasteiger partial charge in [0.25, 0.3) is 11.8 Å². The topological polar surface area (TPSA) is 88.8 Å². The van der Waals surface area contributed by atoms with E-state index < -0.39 is 5.91 Å². The summed E-state index contributed by atoms with van der Waals surface area (Å²) in [5.74, 6) is -0.847. The van der Waals surface area contributed by atoms with Crippen LogP contribution in [-0.4, -0.2) is 43.0 Å². The monoisotopic (exact) mass is 488 g/mol. The summed E-state index contributed by atoms with van der Waals surface area (Å²) in [7, 11) is 0. The number of carbonyl (C=O) groups is 2. The Morgan fingerprint density at radius 3 is 2.49 bits per heavy atom. The first-order valence-corrected chi connectivity index (χ1v) is 12.2. The van der Waals surface area contributed by atoms with Crippen molar-refractivity contribution in [1.82, 2.24) is 4.90 Å². The van der Waals surface area contributed by atoms with Gasteiger partial charge in [0, 0.05) is 24.0 Å². The van der Waals surface area contributed by atoms with Crippen molar-refractivity contribution in [1.29, 1.82) is 0 Å². The van der Waals surface area contributed by atoms with Crippen molar-refractivity contribution in [3.63, 3.8) is 0 Å². The molecule has 8 heteroatoms. The minimum Gasteiger partial charge on any atom is -0.451 e. The highest BCUT2D eigenvalue weighted by molar-refractivity contribution is 7.20. The van der Waals surface area contributed by atoms with Crippen LogP contribution in [0.1, 0.15) is 32.0 Å². The van der Waals surface area contributed by atoms with Gasteiger partial charge in [-0.15, -0.1) is 11.3 Å². The molecule has 2 aromatic carbocycles. The Hall–Kier alpha value is -3.75. The predicted octanol–water partition coefficient (Wildman–Crippen LogP) is 4.86. The molecule has 1 aliphatic heterocycles. The largest absolute Gasteiger partial charge is 0.451 e. The van der Waals surface area contributed by atoms with Crippen molar-refractivity contribution in [3.8, 4) is 10.4 Å². The third-order valence-electron chi connectivity index (χ3n) is 6.03. The maximum Gasteiger partial charge on any atom is 0.292 e. The van der Waals surface area contributed by atoms with Gasteiger partial charge in [-0.3, -0.25) is 14.4 Å². The molecule has 1 fully saturated rings. The second-order valence-electron chi connectivity index (χ2n) is 8.46. The van der Waals surface area contributed by atoms with E-state index in [-0.39, 0.29) is 17.1 Å². The number of hydrogen-bond acceptors (Lipinski definition) is 6. The third kappa shape index (κ3) is 4.50. The number of morpholine rings is 1. The molecule has 2 aromatic heterocycles. The van der Waals surface area contributed by atoms with E-state index in [0.717, 1.165) is 21.6 Å². The number of rotatable bonds is 4. The highest BCUT2D eigenvalue weighted by Crippen LogP contribution is 2.40. The van der Waals surface area contributed by atoms with E-state index in [4.69, 9.17) is 9.15 Å². The number of fused-ring (bicyclic) bond motifs is 1. The smallest absolute Gasteiger partial charge is 0.292 e. The van der Waals surface area contributed by atoms with E-state index in [1.165, 1.54) is 17.4 Å². The molecule has 4 aromatic rings. The molecule has 2 amide bonds. The molecule has 0 bridgehead atoms. The Kier molecular flexibility index (Phi) is 6.23. The Bertz CT molecular complexity index is 1480. The summed E-state index contributed by atoms with van der Waals surface area (Å²) in [6.07, 6.45) is 0. The fourth-order valence-corrected chi connectivity index (χ4v) is 5.39. The summed E-state index contributed by atoms with van der Waals surface area (Å²) in [6, 6.07) is 16.2. The molecule has 35 heavy (non-hydrogen) atoms. The molecule has 1 N–H and O–H groups in total. The van der Waals surface area contributed by atoms with E-state index >= 15 is 0 Å². The predicted molar refractivity (Wildman–Crippen MR) is 136 cm³/mol. The standard InChI is InChI=1S/C27H24N2O5S/c1-16-8-9-21-19(14-16)20(30)15-22(34-21)25(31)28-26-23(27(32)29-10-12-33-13-11-29)17(2)24(35-26)18-6-4-3-5-7-18/h3-9,14-15H,10-13H2,1-2H3,(H,28,31). The molecule has 7 nitrogen and oxygen atoms in total. The number of anilines is 1. The average molecular weight is 489 g/mol. The van der Waals surface area contributed by atoms with Crippen molar-refractivity contribution in [3.05, 3.63) is 87.3 Å². The molecule has 1 saturated heterocycles. The summed E-state index contributed by atoms with van der Waals surface area (Å²) in [5, 5.41) is 3.69. The summed E-state index contributed by atoms with van der Waals surface area (Å²) in [4.78, 5) is 42.0. The molecule has 0 unspecified atom stereocenters. The van der Waals surface area contributed by atoms with Crippen LogP contribution in [0.2, 0.25) is 0 Å². The lowest BCUT2D eigenvalue weighted by Crippen LogP contribution is -2.41. The first-order chi connectivity index (χ1) is 16.9. The van der Waals surface area contributed by atoms with E-state index in [1.54, 1.807) is 17.0 Å². The van der Waals surface area contributed by atoms with Crippen LogP contribution in [0.3, 0.4) is 0 Å². The highest BCUT2D eigenvalue weighted by Gasteiger charge is 2.28. The lowest BCUT2D eigenvalue weighted by atomic mass is 10.1. The van der Waals surface area contributed by atoms with Gasteiger partial charge in [-0.1, -0.05) is 42.0 Å². The zero-order chi connectivity index (χ0) is 24.5. The van der Waals surface area contributed by atoms with Gasteiger partial charge in [-0.05, 0) is 37.1 Å². The van der Waals surface area contributed by atoms with Crippen LogP contribution in [0.25, 0.3) is 21.4 Å². The van der Waals surface area contributed by atoms with Gasteiger partial charge in [0.05, 0.1) is 24.2 Å². The van der Waals surface area contributed by atoms with Crippen molar-refractivity contribution < 1.29 is 18.7 Å². The fourth-order valence-electron chi connectivity index (χ4n) is 4.20. The van der Waals surface area contributed by atoms with Crippen LogP contribution in [-0.2, 0) is 4.74 Å². The van der Waals surface area contributed by atoms with Crippen LogP contribution in [0, 0.1) is 13.8 Å². The first-order valence-electron chi connectivity index (χ1n) is 11.3. The van der Waals surface area contributed by atoms with Crippen LogP contribution < -0.4 is 10.7 Å². The number of ether oxygens (including phenoxy) is 1. The van der Waals surface area contributed by atoms with E-state index in [9.17, 15) is 14.4 Å². The van der Waals surface area contributed by atoms with Crippen molar-refractivity contribution in [2.75, 3.05) is 31.6 Å². The van der Waals surface area contributed by atoms with E-state index in [2.05, 4.69) is 5.32 Å². The molecule has 1 aliphatic rings. The van der Waals surface area contributed by atoms with Gasteiger partial charge in [0.2, 0.25) is 0 Å². The number of nitrogens with one attached hydrogen (secondary N) is 1. The summed E-state index contributed by atoms with van der Waals surface area (Å²) < 4.78 is 11.1. The lowest BCUT2D eigenvalue weighted by molar-refractivity contribution is 0.0303. The Morgan fingerprint density at radius 2 is 1.74 bits per heavy atom. The molecule has 0 saturated carbocycles. The maximum atomic E-state index is 13.5. The van der Waals surface area contributed by atoms with E-state index in [1.807, 2.05) is 50.2 Å². The normalized spacial score (nSPS) is 13.7. The van der Waals surface area contributed by atoms with Crippen LogP contribution in [0.4, 0.5) is 5.00 Å². The molecule has 5 rings (SSSR count). The molecular weight excluding hydrogens is 464 g/mol. The number of amides is 2. The summed E-state index contributed by atoms with van der Waals surface area (Å²) in [6.45, 7) is 5.70. The first kappa shape index (κ1) is 23.0. The van der Waals surface area contributed by atoms with Gasteiger partial charge >= 0.3 is 0 Å². The maximum absolute atomic E-state index is 13.5. The SMILES string of the molecule is Cc1ccc2oc(C(=O)Nc3sc(-c4ccccc4)c(C)c3C(=O)N3CCOCC3)cc(=O)c2c1. The van der Waals surface area contributed by atoms with Gasteiger partial charge in [0.1, 0.15) is 10.6 Å². The minimum atomic E-state index is -0.582.